The Bertz CT molecular complexity index is 1270. The lowest BCUT2D eigenvalue weighted by atomic mass is 10.1. The van der Waals surface area contributed by atoms with E-state index in [1.807, 2.05) is 43.5 Å². The molecule has 0 saturated carbocycles. The van der Waals surface area contributed by atoms with Crippen molar-refractivity contribution in [3.63, 3.8) is 0 Å². The molecule has 186 valence electrons. The van der Waals surface area contributed by atoms with E-state index < -0.39 is 5.92 Å². The van der Waals surface area contributed by atoms with Gasteiger partial charge in [0.1, 0.15) is 0 Å². The molecule has 4 rings (SSSR count). The van der Waals surface area contributed by atoms with Crippen molar-refractivity contribution < 1.29 is 19.2 Å². The lowest BCUT2D eigenvalue weighted by molar-refractivity contribution is -0.122. The van der Waals surface area contributed by atoms with Gasteiger partial charge in [-0.25, -0.2) is 0 Å². The van der Waals surface area contributed by atoms with Crippen LogP contribution in [-0.4, -0.2) is 43.3 Å². The van der Waals surface area contributed by atoms with Crippen LogP contribution in [0.3, 0.4) is 0 Å². The Morgan fingerprint density at radius 1 is 0.944 bits per heavy atom. The standard InChI is InChI=1S/C27H28N4O4S/c1-17-5-10-22(14-18(17)2)31-16-20(15-24(31)32)26(34)30-21-8-6-19(7-9-21)25(33)28-11-12-29-27(35)23-4-3-13-36-23/h3-10,13-14,20H,11-12,15-16H2,1-2H3,(H,28,33)(H,29,35)(H,30,34). The molecule has 1 atom stereocenters. The van der Waals surface area contributed by atoms with Crippen molar-refractivity contribution in [2.24, 2.45) is 5.92 Å². The minimum atomic E-state index is -0.452. The normalized spacial score (nSPS) is 15.0. The molecule has 2 aromatic carbocycles. The van der Waals surface area contributed by atoms with Gasteiger partial charge in [0.25, 0.3) is 11.8 Å². The van der Waals surface area contributed by atoms with Crippen LogP contribution >= 0.6 is 11.3 Å². The molecular formula is C27H28N4O4S. The van der Waals surface area contributed by atoms with Gasteiger partial charge in [0.15, 0.2) is 0 Å². The minimum absolute atomic E-state index is 0.0722. The van der Waals surface area contributed by atoms with Crippen molar-refractivity contribution in [2.45, 2.75) is 20.3 Å². The summed E-state index contributed by atoms with van der Waals surface area (Å²) in [5.41, 5.74) is 4.05. The Labute approximate surface area is 213 Å². The van der Waals surface area contributed by atoms with E-state index in [9.17, 15) is 19.2 Å². The number of hydrogen-bond acceptors (Lipinski definition) is 5. The fourth-order valence-corrected chi connectivity index (χ4v) is 4.56. The number of anilines is 2. The Balaban J connectivity index is 1.25. The summed E-state index contributed by atoms with van der Waals surface area (Å²) in [7, 11) is 0. The molecular weight excluding hydrogens is 476 g/mol. The molecule has 8 nitrogen and oxygen atoms in total. The maximum Gasteiger partial charge on any atom is 0.261 e. The molecule has 0 bridgehead atoms. The molecule has 0 radical (unpaired) electrons. The van der Waals surface area contributed by atoms with Gasteiger partial charge >= 0.3 is 0 Å². The highest BCUT2D eigenvalue weighted by Crippen LogP contribution is 2.27. The van der Waals surface area contributed by atoms with Crippen LogP contribution in [0.15, 0.2) is 60.0 Å². The Morgan fingerprint density at radius 2 is 1.67 bits per heavy atom. The van der Waals surface area contributed by atoms with Crippen molar-refractivity contribution in [3.8, 4) is 0 Å². The summed E-state index contributed by atoms with van der Waals surface area (Å²) in [4.78, 5) is 51.9. The smallest absolute Gasteiger partial charge is 0.261 e. The van der Waals surface area contributed by atoms with Gasteiger partial charge in [-0.3, -0.25) is 19.2 Å². The van der Waals surface area contributed by atoms with E-state index in [0.29, 0.717) is 35.8 Å². The number of thiophene rings is 1. The van der Waals surface area contributed by atoms with Gasteiger partial charge in [0.05, 0.1) is 10.8 Å². The third kappa shape index (κ3) is 5.98. The molecule has 9 heteroatoms. The zero-order valence-electron chi connectivity index (χ0n) is 20.2. The van der Waals surface area contributed by atoms with Crippen molar-refractivity contribution in [1.29, 1.82) is 0 Å². The summed E-state index contributed by atoms with van der Waals surface area (Å²) in [6, 6.07) is 16.0. The zero-order valence-corrected chi connectivity index (χ0v) is 21.0. The van der Waals surface area contributed by atoms with E-state index in [2.05, 4.69) is 16.0 Å². The highest BCUT2D eigenvalue weighted by molar-refractivity contribution is 7.12. The molecule has 1 aromatic heterocycles. The van der Waals surface area contributed by atoms with Gasteiger partial charge in [-0.05, 0) is 72.8 Å². The van der Waals surface area contributed by atoms with Gasteiger partial charge in [-0.1, -0.05) is 12.1 Å². The Morgan fingerprint density at radius 3 is 2.33 bits per heavy atom. The SMILES string of the molecule is Cc1ccc(N2CC(C(=O)Nc3ccc(C(=O)NCCNC(=O)c4cccs4)cc3)CC2=O)cc1C. The van der Waals surface area contributed by atoms with Crippen LogP contribution in [0.4, 0.5) is 11.4 Å². The predicted octanol–water partition coefficient (Wildman–Crippen LogP) is 3.52. The summed E-state index contributed by atoms with van der Waals surface area (Å²) in [5.74, 6) is -1.19. The minimum Gasteiger partial charge on any atom is -0.350 e. The van der Waals surface area contributed by atoms with Crippen LogP contribution in [0.25, 0.3) is 0 Å². The fourth-order valence-electron chi connectivity index (χ4n) is 3.92. The van der Waals surface area contributed by atoms with E-state index in [1.165, 1.54) is 11.3 Å². The number of rotatable bonds is 8. The van der Waals surface area contributed by atoms with Crippen molar-refractivity contribution in [1.82, 2.24) is 10.6 Å². The number of aryl methyl sites for hydroxylation is 2. The molecule has 3 aromatic rings. The monoisotopic (exact) mass is 504 g/mol. The second-order valence-corrected chi connectivity index (χ2v) is 9.68. The van der Waals surface area contributed by atoms with Gasteiger partial charge < -0.3 is 20.9 Å². The molecule has 0 aliphatic carbocycles. The molecule has 1 saturated heterocycles. The van der Waals surface area contributed by atoms with E-state index in [4.69, 9.17) is 0 Å². The lowest BCUT2D eigenvalue weighted by Gasteiger charge is -2.18. The average molecular weight is 505 g/mol. The van der Waals surface area contributed by atoms with E-state index in [1.54, 1.807) is 35.2 Å². The molecule has 36 heavy (non-hydrogen) atoms. The number of amides is 4. The third-order valence-corrected chi connectivity index (χ3v) is 7.02. The van der Waals surface area contributed by atoms with E-state index in [-0.39, 0.29) is 30.0 Å². The highest BCUT2D eigenvalue weighted by Gasteiger charge is 2.35. The first-order chi connectivity index (χ1) is 17.3. The van der Waals surface area contributed by atoms with Gasteiger partial charge in [-0.2, -0.15) is 0 Å². The van der Waals surface area contributed by atoms with Crippen LogP contribution < -0.4 is 20.9 Å². The molecule has 0 spiro atoms. The van der Waals surface area contributed by atoms with Gasteiger partial charge in [-0.15, -0.1) is 11.3 Å². The van der Waals surface area contributed by atoms with Gasteiger partial charge in [0.2, 0.25) is 11.8 Å². The maximum absolute atomic E-state index is 12.8. The van der Waals surface area contributed by atoms with Gasteiger partial charge in [0, 0.05) is 43.0 Å². The Hall–Kier alpha value is -3.98. The van der Waals surface area contributed by atoms with Crippen molar-refractivity contribution in [3.05, 3.63) is 81.5 Å². The van der Waals surface area contributed by atoms with Crippen molar-refractivity contribution in [2.75, 3.05) is 29.9 Å². The first kappa shape index (κ1) is 25.1. The molecule has 4 amide bonds. The second kappa shape index (κ2) is 11.2. The molecule has 1 aliphatic heterocycles. The molecule has 1 aliphatic rings. The second-order valence-electron chi connectivity index (χ2n) is 8.73. The topological polar surface area (TPSA) is 108 Å². The summed E-state index contributed by atoms with van der Waals surface area (Å²) >= 11 is 1.36. The Kier molecular flexibility index (Phi) is 7.80. The maximum atomic E-state index is 12.8. The average Bonchev–Trinajstić information content (AvgIpc) is 3.54. The molecule has 3 N–H and O–H groups in total. The van der Waals surface area contributed by atoms with Crippen LogP contribution in [0, 0.1) is 19.8 Å². The first-order valence-electron chi connectivity index (χ1n) is 11.7. The summed E-state index contributed by atoms with van der Waals surface area (Å²) in [5, 5.41) is 10.2. The lowest BCUT2D eigenvalue weighted by Crippen LogP contribution is -2.34. The zero-order chi connectivity index (χ0) is 25.7. The van der Waals surface area contributed by atoms with E-state index in [0.717, 1.165) is 16.8 Å². The predicted molar refractivity (Wildman–Crippen MR) is 140 cm³/mol. The first-order valence-corrected chi connectivity index (χ1v) is 12.6. The molecule has 1 fully saturated rings. The van der Waals surface area contributed by atoms with E-state index >= 15 is 0 Å². The van der Waals surface area contributed by atoms with Crippen molar-refractivity contribution >= 4 is 46.3 Å². The third-order valence-electron chi connectivity index (χ3n) is 6.15. The molecule has 2 heterocycles. The number of carbonyl (C=O) groups is 4. The number of nitrogens with one attached hydrogen (secondary N) is 3. The van der Waals surface area contributed by atoms with Crippen LogP contribution in [0.1, 0.15) is 37.6 Å². The number of hydrogen-bond donors (Lipinski definition) is 3. The quantitative estimate of drug-likeness (QED) is 0.408. The summed E-state index contributed by atoms with van der Waals surface area (Å²) in [6.07, 6.45) is 0.155. The van der Waals surface area contributed by atoms with Crippen LogP contribution in [0.2, 0.25) is 0 Å². The number of nitrogens with zero attached hydrogens (tertiary/aromatic N) is 1. The number of carbonyl (C=O) groups excluding carboxylic acids is 4. The fraction of sp³-hybridized carbons (Fsp3) is 0.259. The largest absolute Gasteiger partial charge is 0.350 e. The van der Waals surface area contributed by atoms with Crippen LogP contribution in [0.5, 0.6) is 0 Å². The van der Waals surface area contributed by atoms with Crippen LogP contribution in [-0.2, 0) is 9.59 Å². The summed E-state index contributed by atoms with van der Waals surface area (Å²) in [6.45, 7) is 4.95. The summed E-state index contributed by atoms with van der Waals surface area (Å²) < 4.78 is 0. The number of benzene rings is 2. The highest BCUT2D eigenvalue weighted by atomic mass is 32.1. The molecule has 1 unspecified atom stereocenters.